The van der Waals surface area contributed by atoms with E-state index in [1.165, 1.54) is 4.90 Å². The topological polar surface area (TPSA) is 46.6 Å². The van der Waals surface area contributed by atoms with Crippen molar-refractivity contribution in [3.05, 3.63) is 0 Å². The Bertz CT molecular complexity index is 325. The van der Waals surface area contributed by atoms with E-state index in [1.807, 2.05) is 20.8 Å². The van der Waals surface area contributed by atoms with Gasteiger partial charge in [0.05, 0.1) is 6.54 Å². The SMILES string of the molecule is CC1CCC(C(=O)CN(C)C(=O)OC(C)(C)C)CC1. The van der Waals surface area contributed by atoms with E-state index in [1.54, 1.807) is 7.05 Å². The first-order valence-corrected chi connectivity index (χ1v) is 7.16. The number of likely N-dealkylation sites (N-methyl/N-ethyl adjacent to an activating group) is 1. The second kappa shape index (κ2) is 6.40. The molecule has 1 aliphatic rings. The predicted molar refractivity (Wildman–Crippen MR) is 75.0 cm³/mol. The monoisotopic (exact) mass is 269 g/mol. The standard InChI is InChI=1S/C15H27NO3/c1-11-6-8-12(9-7-11)13(17)10-16(5)14(18)19-15(2,3)4/h11-12H,6-10H2,1-5H3. The third-order valence-corrected chi connectivity index (χ3v) is 3.57. The summed E-state index contributed by atoms with van der Waals surface area (Å²) in [7, 11) is 1.62. The molecule has 0 aromatic rings. The molecule has 1 saturated carbocycles. The Morgan fingerprint density at radius 1 is 1.16 bits per heavy atom. The molecular weight excluding hydrogens is 242 g/mol. The van der Waals surface area contributed by atoms with Crippen LogP contribution in [0, 0.1) is 11.8 Å². The summed E-state index contributed by atoms with van der Waals surface area (Å²) in [6, 6.07) is 0. The number of hydrogen-bond donors (Lipinski definition) is 0. The minimum Gasteiger partial charge on any atom is -0.444 e. The number of rotatable bonds is 3. The zero-order valence-electron chi connectivity index (χ0n) is 12.9. The quantitative estimate of drug-likeness (QED) is 0.790. The Balaban J connectivity index is 2.41. The van der Waals surface area contributed by atoms with Crippen molar-refractivity contribution in [3.63, 3.8) is 0 Å². The summed E-state index contributed by atoms with van der Waals surface area (Å²) >= 11 is 0. The summed E-state index contributed by atoms with van der Waals surface area (Å²) in [6.07, 6.45) is 3.73. The molecular formula is C15H27NO3. The highest BCUT2D eigenvalue weighted by molar-refractivity contribution is 5.86. The van der Waals surface area contributed by atoms with Crippen LogP contribution in [-0.4, -0.2) is 36.0 Å². The first-order chi connectivity index (χ1) is 8.69. The van der Waals surface area contributed by atoms with E-state index in [9.17, 15) is 9.59 Å². The minimum atomic E-state index is -0.519. The lowest BCUT2D eigenvalue weighted by molar-refractivity contribution is -0.124. The third-order valence-electron chi connectivity index (χ3n) is 3.57. The van der Waals surface area contributed by atoms with Crippen LogP contribution in [-0.2, 0) is 9.53 Å². The molecule has 0 unspecified atom stereocenters. The van der Waals surface area contributed by atoms with Gasteiger partial charge in [-0.05, 0) is 39.5 Å². The Labute approximate surface area is 116 Å². The normalized spacial score (nSPS) is 23.8. The molecule has 0 bridgehead atoms. The van der Waals surface area contributed by atoms with E-state index in [0.717, 1.165) is 31.6 Å². The van der Waals surface area contributed by atoms with Crippen LogP contribution in [0.4, 0.5) is 4.79 Å². The molecule has 1 rings (SSSR count). The summed E-state index contributed by atoms with van der Waals surface area (Å²) in [5.41, 5.74) is -0.519. The molecule has 110 valence electrons. The maximum absolute atomic E-state index is 12.1. The van der Waals surface area contributed by atoms with E-state index < -0.39 is 11.7 Å². The van der Waals surface area contributed by atoms with Gasteiger partial charge in [0.1, 0.15) is 5.60 Å². The van der Waals surface area contributed by atoms with Crippen molar-refractivity contribution >= 4 is 11.9 Å². The second-order valence-electron chi connectivity index (χ2n) is 6.76. The van der Waals surface area contributed by atoms with Crippen LogP contribution in [0.5, 0.6) is 0 Å². The lowest BCUT2D eigenvalue weighted by Gasteiger charge is -2.28. The molecule has 1 fully saturated rings. The van der Waals surface area contributed by atoms with Crippen molar-refractivity contribution in [3.8, 4) is 0 Å². The van der Waals surface area contributed by atoms with Gasteiger partial charge >= 0.3 is 6.09 Å². The van der Waals surface area contributed by atoms with E-state index in [4.69, 9.17) is 4.74 Å². The lowest BCUT2D eigenvalue weighted by Crippen LogP contribution is -2.39. The van der Waals surface area contributed by atoms with Gasteiger partial charge in [0, 0.05) is 13.0 Å². The van der Waals surface area contributed by atoms with Crippen molar-refractivity contribution in [2.24, 2.45) is 11.8 Å². The van der Waals surface area contributed by atoms with Crippen molar-refractivity contribution in [2.75, 3.05) is 13.6 Å². The highest BCUT2D eigenvalue weighted by Crippen LogP contribution is 2.28. The molecule has 1 aliphatic carbocycles. The van der Waals surface area contributed by atoms with E-state index in [-0.39, 0.29) is 18.2 Å². The number of Topliss-reactive ketones (excluding diaryl/α,β-unsaturated/α-hetero) is 1. The predicted octanol–water partition coefficient (Wildman–Crippen LogP) is 3.25. The largest absolute Gasteiger partial charge is 0.444 e. The molecule has 0 saturated heterocycles. The number of carbonyl (C=O) groups excluding carboxylic acids is 2. The molecule has 4 heteroatoms. The van der Waals surface area contributed by atoms with Gasteiger partial charge in [-0.1, -0.05) is 19.8 Å². The van der Waals surface area contributed by atoms with E-state index >= 15 is 0 Å². The second-order valence-corrected chi connectivity index (χ2v) is 6.76. The number of hydrogen-bond acceptors (Lipinski definition) is 3. The molecule has 0 heterocycles. The van der Waals surface area contributed by atoms with Gasteiger partial charge in [0.2, 0.25) is 0 Å². The number of ketones is 1. The van der Waals surface area contributed by atoms with Crippen molar-refractivity contribution in [1.82, 2.24) is 4.90 Å². The maximum Gasteiger partial charge on any atom is 0.410 e. The van der Waals surface area contributed by atoms with Crippen LogP contribution in [0.15, 0.2) is 0 Å². The summed E-state index contributed by atoms with van der Waals surface area (Å²) in [4.78, 5) is 25.3. The summed E-state index contributed by atoms with van der Waals surface area (Å²) in [5.74, 6) is 1.02. The molecule has 4 nitrogen and oxygen atoms in total. The number of amides is 1. The van der Waals surface area contributed by atoms with Crippen LogP contribution in [0.25, 0.3) is 0 Å². The Morgan fingerprint density at radius 2 is 1.68 bits per heavy atom. The summed E-state index contributed by atoms with van der Waals surface area (Å²) < 4.78 is 5.24. The van der Waals surface area contributed by atoms with Gasteiger partial charge in [-0.3, -0.25) is 4.79 Å². The molecule has 0 aliphatic heterocycles. The number of carbonyl (C=O) groups is 2. The molecule has 0 aromatic heterocycles. The lowest BCUT2D eigenvalue weighted by atomic mass is 9.81. The van der Waals surface area contributed by atoms with Gasteiger partial charge < -0.3 is 9.64 Å². The smallest absolute Gasteiger partial charge is 0.410 e. The van der Waals surface area contributed by atoms with Gasteiger partial charge in [-0.15, -0.1) is 0 Å². The van der Waals surface area contributed by atoms with Crippen LogP contribution < -0.4 is 0 Å². The molecule has 0 atom stereocenters. The first-order valence-electron chi connectivity index (χ1n) is 7.16. The number of nitrogens with zero attached hydrogens (tertiary/aromatic N) is 1. The highest BCUT2D eigenvalue weighted by atomic mass is 16.6. The van der Waals surface area contributed by atoms with Gasteiger partial charge in [-0.2, -0.15) is 0 Å². The van der Waals surface area contributed by atoms with Crippen molar-refractivity contribution < 1.29 is 14.3 Å². The van der Waals surface area contributed by atoms with Crippen LogP contribution in [0.2, 0.25) is 0 Å². The molecule has 0 N–H and O–H groups in total. The minimum absolute atomic E-state index is 0.126. The Hall–Kier alpha value is -1.06. The molecule has 19 heavy (non-hydrogen) atoms. The third kappa shape index (κ3) is 5.62. The first kappa shape index (κ1) is 16.0. The average Bonchev–Trinajstić information content (AvgIpc) is 2.27. The van der Waals surface area contributed by atoms with Gasteiger partial charge in [0.15, 0.2) is 5.78 Å². The molecule has 0 radical (unpaired) electrons. The number of ether oxygens (including phenoxy) is 1. The average molecular weight is 269 g/mol. The van der Waals surface area contributed by atoms with Crippen molar-refractivity contribution in [2.45, 2.75) is 59.0 Å². The fourth-order valence-corrected chi connectivity index (χ4v) is 2.35. The summed E-state index contributed by atoms with van der Waals surface area (Å²) in [5, 5.41) is 0. The maximum atomic E-state index is 12.1. The molecule has 1 amide bonds. The highest BCUT2D eigenvalue weighted by Gasteiger charge is 2.27. The van der Waals surface area contributed by atoms with E-state index in [2.05, 4.69) is 6.92 Å². The van der Waals surface area contributed by atoms with Gasteiger partial charge in [-0.25, -0.2) is 4.79 Å². The summed E-state index contributed by atoms with van der Waals surface area (Å²) in [6.45, 7) is 7.86. The van der Waals surface area contributed by atoms with Gasteiger partial charge in [0.25, 0.3) is 0 Å². The zero-order chi connectivity index (χ0) is 14.6. The Kier molecular flexibility index (Phi) is 5.39. The van der Waals surface area contributed by atoms with E-state index in [0.29, 0.717) is 0 Å². The fraction of sp³-hybridized carbons (Fsp3) is 0.867. The Morgan fingerprint density at radius 3 is 2.16 bits per heavy atom. The van der Waals surface area contributed by atoms with Crippen LogP contribution in [0.3, 0.4) is 0 Å². The fourth-order valence-electron chi connectivity index (χ4n) is 2.35. The van der Waals surface area contributed by atoms with Crippen molar-refractivity contribution in [1.29, 1.82) is 0 Å². The van der Waals surface area contributed by atoms with Crippen LogP contribution >= 0.6 is 0 Å². The molecule has 0 aromatic carbocycles. The molecule has 0 spiro atoms. The zero-order valence-corrected chi connectivity index (χ0v) is 12.9. The van der Waals surface area contributed by atoms with Crippen LogP contribution in [0.1, 0.15) is 53.4 Å².